The van der Waals surface area contributed by atoms with E-state index in [0.29, 0.717) is 12.1 Å². The van der Waals surface area contributed by atoms with Crippen molar-refractivity contribution in [1.29, 1.82) is 5.26 Å². The Balaban J connectivity index is 2.17. The molecule has 0 bridgehead atoms. The van der Waals surface area contributed by atoms with E-state index in [2.05, 4.69) is 33.6 Å². The molecule has 0 spiro atoms. The Labute approximate surface area is 125 Å². The predicted molar refractivity (Wildman–Crippen MR) is 84.1 cm³/mol. The summed E-state index contributed by atoms with van der Waals surface area (Å²) in [6, 6.07) is 9.72. The first-order valence-electron chi connectivity index (χ1n) is 7.03. The van der Waals surface area contributed by atoms with Gasteiger partial charge >= 0.3 is 0 Å². The number of rotatable bonds is 6. The average Bonchev–Trinajstić information content (AvgIpc) is 2.54. The summed E-state index contributed by atoms with van der Waals surface area (Å²) in [5, 5.41) is 15.4. The minimum absolute atomic E-state index is 0.631. The fraction of sp³-hybridized carbons (Fsp3) is 0.312. The van der Waals surface area contributed by atoms with Gasteiger partial charge in [0.15, 0.2) is 0 Å². The van der Waals surface area contributed by atoms with Crippen molar-refractivity contribution in [3.8, 4) is 6.07 Å². The fourth-order valence-corrected chi connectivity index (χ4v) is 2.20. The highest BCUT2D eigenvalue weighted by Gasteiger charge is 2.09. The van der Waals surface area contributed by atoms with Crippen molar-refractivity contribution in [3.63, 3.8) is 0 Å². The monoisotopic (exact) mass is 281 g/mol. The van der Waals surface area contributed by atoms with E-state index in [1.54, 1.807) is 12.4 Å². The highest BCUT2D eigenvalue weighted by Crippen LogP contribution is 2.21. The lowest BCUT2D eigenvalue weighted by Crippen LogP contribution is -2.08. The molecular weight excluding hydrogens is 262 g/mol. The van der Waals surface area contributed by atoms with Crippen LogP contribution in [0, 0.1) is 11.3 Å². The van der Waals surface area contributed by atoms with Gasteiger partial charge < -0.3 is 10.6 Å². The molecule has 0 saturated carbocycles. The molecule has 0 unspecified atom stereocenters. The number of benzene rings is 1. The van der Waals surface area contributed by atoms with Crippen molar-refractivity contribution < 1.29 is 0 Å². The van der Waals surface area contributed by atoms with Crippen molar-refractivity contribution in [2.75, 3.05) is 17.7 Å². The van der Waals surface area contributed by atoms with Gasteiger partial charge in [-0.3, -0.25) is 0 Å². The quantitative estimate of drug-likeness (QED) is 0.851. The largest absolute Gasteiger partial charge is 0.373 e. The number of hydrogen-bond donors (Lipinski definition) is 2. The molecule has 0 aliphatic carbocycles. The molecule has 108 valence electrons. The van der Waals surface area contributed by atoms with Crippen LogP contribution >= 0.6 is 0 Å². The molecule has 5 heteroatoms. The van der Waals surface area contributed by atoms with Gasteiger partial charge in [-0.15, -0.1) is 0 Å². The first-order valence-corrected chi connectivity index (χ1v) is 7.03. The summed E-state index contributed by atoms with van der Waals surface area (Å²) < 4.78 is 0. The van der Waals surface area contributed by atoms with Crippen LogP contribution < -0.4 is 10.6 Å². The number of anilines is 2. The Morgan fingerprint density at radius 3 is 2.76 bits per heavy atom. The predicted octanol–water partition coefficient (Wildman–Crippen LogP) is 2.95. The summed E-state index contributed by atoms with van der Waals surface area (Å²) in [6.45, 7) is 2.76. The molecule has 1 heterocycles. The molecule has 0 aliphatic rings. The number of aromatic nitrogens is 2. The molecule has 0 fully saturated rings. The van der Waals surface area contributed by atoms with Crippen molar-refractivity contribution >= 4 is 11.6 Å². The van der Waals surface area contributed by atoms with E-state index in [0.717, 1.165) is 35.6 Å². The van der Waals surface area contributed by atoms with E-state index in [1.165, 1.54) is 0 Å². The molecule has 21 heavy (non-hydrogen) atoms. The minimum Gasteiger partial charge on any atom is -0.373 e. The Bertz CT molecular complexity index is 645. The van der Waals surface area contributed by atoms with E-state index >= 15 is 0 Å². The maximum absolute atomic E-state index is 8.93. The summed E-state index contributed by atoms with van der Waals surface area (Å²) in [4.78, 5) is 8.59. The summed E-state index contributed by atoms with van der Waals surface area (Å²) in [5.74, 6) is 1.71. The zero-order valence-electron chi connectivity index (χ0n) is 12.3. The molecule has 0 radical (unpaired) electrons. The second kappa shape index (κ2) is 7.25. The van der Waals surface area contributed by atoms with Gasteiger partial charge in [0, 0.05) is 19.2 Å². The van der Waals surface area contributed by atoms with E-state index in [4.69, 9.17) is 5.26 Å². The summed E-state index contributed by atoms with van der Waals surface area (Å²) in [7, 11) is 1.86. The molecule has 2 aromatic rings. The van der Waals surface area contributed by atoms with Crippen LogP contribution in [0.1, 0.15) is 30.0 Å². The van der Waals surface area contributed by atoms with Crippen LogP contribution in [0.15, 0.2) is 30.6 Å². The van der Waals surface area contributed by atoms with Gasteiger partial charge in [0.2, 0.25) is 0 Å². The molecular formula is C16H19N5. The Morgan fingerprint density at radius 2 is 2.05 bits per heavy atom. The molecule has 5 nitrogen and oxygen atoms in total. The van der Waals surface area contributed by atoms with Crippen LogP contribution in [-0.2, 0) is 13.0 Å². The number of nitrogens with zero attached hydrogens (tertiary/aromatic N) is 3. The molecule has 0 saturated heterocycles. The zero-order chi connectivity index (χ0) is 15.1. The number of nitrogens with one attached hydrogen (secondary N) is 2. The zero-order valence-corrected chi connectivity index (χ0v) is 12.3. The average molecular weight is 281 g/mol. The molecule has 0 atom stereocenters. The van der Waals surface area contributed by atoms with Gasteiger partial charge in [-0.2, -0.15) is 5.26 Å². The summed E-state index contributed by atoms with van der Waals surface area (Å²) in [6.07, 6.45) is 3.50. The van der Waals surface area contributed by atoms with Gasteiger partial charge in [0.05, 0.1) is 11.6 Å². The maximum atomic E-state index is 8.93. The Kier molecular flexibility index (Phi) is 5.10. The highest BCUT2D eigenvalue weighted by molar-refractivity contribution is 5.57. The summed E-state index contributed by atoms with van der Waals surface area (Å²) >= 11 is 0. The molecule has 0 amide bonds. The van der Waals surface area contributed by atoms with Gasteiger partial charge in [-0.1, -0.05) is 25.5 Å². The van der Waals surface area contributed by atoms with Crippen molar-refractivity contribution in [1.82, 2.24) is 9.97 Å². The van der Waals surface area contributed by atoms with Crippen LogP contribution in [0.4, 0.5) is 11.6 Å². The second-order valence-electron chi connectivity index (χ2n) is 4.72. The van der Waals surface area contributed by atoms with Gasteiger partial charge in [-0.25, -0.2) is 9.97 Å². The van der Waals surface area contributed by atoms with Crippen molar-refractivity contribution in [2.24, 2.45) is 0 Å². The third kappa shape index (κ3) is 3.69. The van der Waals surface area contributed by atoms with Crippen LogP contribution in [0.5, 0.6) is 0 Å². The standard InChI is InChI=1S/C16H19N5/c1-3-5-14-15(18-2)20-11-21-16(14)19-10-13-7-4-6-12(8-13)9-17/h4,6-8,11H,3,5,10H2,1-2H3,(H2,18,19,20,21). The second-order valence-corrected chi connectivity index (χ2v) is 4.72. The van der Waals surface area contributed by atoms with Gasteiger partial charge in [0.25, 0.3) is 0 Å². The van der Waals surface area contributed by atoms with E-state index in [9.17, 15) is 0 Å². The lowest BCUT2D eigenvalue weighted by atomic mass is 10.1. The van der Waals surface area contributed by atoms with Crippen molar-refractivity contribution in [3.05, 3.63) is 47.3 Å². The third-order valence-corrected chi connectivity index (χ3v) is 3.20. The lowest BCUT2D eigenvalue weighted by Gasteiger charge is -2.13. The van der Waals surface area contributed by atoms with Crippen LogP contribution in [0.2, 0.25) is 0 Å². The van der Waals surface area contributed by atoms with Crippen molar-refractivity contribution in [2.45, 2.75) is 26.3 Å². The molecule has 2 N–H and O–H groups in total. The topological polar surface area (TPSA) is 73.6 Å². The molecule has 1 aromatic carbocycles. The SMILES string of the molecule is CCCc1c(NC)ncnc1NCc1cccc(C#N)c1. The molecule has 2 rings (SSSR count). The fourth-order valence-electron chi connectivity index (χ4n) is 2.20. The maximum Gasteiger partial charge on any atom is 0.134 e. The molecule has 1 aromatic heterocycles. The highest BCUT2D eigenvalue weighted by atomic mass is 15.1. The van der Waals surface area contributed by atoms with Crippen LogP contribution in [-0.4, -0.2) is 17.0 Å². The van der Waals surface area contributed by atoms with E-state index in [1.807, 2.05) is 25.2 Å². The van der Waals surface area contributed by atoms with E-state index in [-0.39, 0.29) is 0 Å². The summed E-state index contributed by atoms with van der Waals surface area (Å²) in [5.41, 5.74) is 2.82. The third-order valence-electron chi connectivity index (χ3n) is 3.20. The molecule has 0 aliphatic heterocycles. The smallest absolute Gasteiger partial charge is 0.134 e. The van der Waals surface area contributed by atoms with Gasteiger partial charge in [0.1, 0.15) is 18.0 Å². The van der Waals surface area contributed by atoms with Crippen LogP contribution in [0.25, 0.3) is 0 Å². The first-order chi connectivity index (χ1) is 10.3. The lowest BCUT2D eigenvalue weighted by molar-refractivity contribution is 0.899. The number of hydrogen-bond acceptors (Lipinski definition) is 5. The number of nitriles is 1. The van der Waals surface area contributed by atoms with Crippen LogP contribution in [0.3, 0.4) is 0 Å². The minimum atomic E-state index is 0.631. The normalized spacial score (nSPS) is 9.95. The Morgan fingerprint density at radius 1 is 1.24 bits per heavy atom. The van der Waals surface area contributed by atoms with E-state index < -0.39 is 0 Å². The first kappa shape index (κ1) is 14.8. The van der Waals surface area contributed by atoms with Gasteiger partial charge in [-0.05, 0) is 24.1 Å². The Hall–Kier alpha value is -2.61.